The monoisotopic (exact) mass is 356 g/mol. The average Bonchev–Trinajstić information content (AvgIpc) is 2.92. The Bertz CT molecular complexity index is 576. The van der Waals surface area contributed by atoms with Crippen LogP contribution in [0.15, 0.2) is 12.1 Å². The molecule has 2 aliphatic rings. The van der Waals surface area contributed by atoms with Gasteiger partial charge in [0.15, 0.2) is 0 Å². The molecule has 3 rings (SSSR count). The van der Waals surface area contributed by atoms with Gasteiger partial charge in [-0.25, -0.2) is 0 Å². The van der Waals surface area contributed by atoms with Gasteiger partial charge in [0.05, 0.1) is 13.2 Å². The topological polar surface area (TPSA) is 68.8 Å². The molecule has 1 aromatic rings. The van der Waals surface area contributed by atoms with Crippen LogP contribution < -0.4 is 20.1 Å². The highest BCUT2D eigenvalue weighted by Crippen LogP contribution is 2.35. The SMILES string of the molecule is CCOc1cc2c(cc1CNC(=O)C1CNCCO1)OC(C)C2.Cl. The summed E-state index contributed by atoms with van der Waals surface area (Å²) in [4.78, 5) is 12.2. The third kappa shape index (κ3) is 4.32. The first-order valence-corrected chi connectivity index (χ1v) is 8.22. The van der Waals surface area contributed by atoms with Crippen molar-refractivity contribution < 1.29 is 19.0 Å². The first-order chi connectivity index (χ1) is 11.2. The van der Waals surface area contributed by atoms with Gasteiger partial charge in [0, 0.05) is 37.2 Å². The number of carbonyl (C=O) groups excluding carboxylic acids is 1. The molecule has 134 valence electrons. The molecule has 0 aliphatic carbocycles. The highest BCUT2D eigenvalue weighted by Gasteiger charge is 2.24. The smallest absolute Gasteiger partial charge is 0.250 e. The Morgan fingerprint density at radius 3 is 3.00 bits per heavy atom. The van der Waals surface area contributed by atoms with Gasteiger partial charge in [-0.15, -0.1) is 12.4 Å². The quantitative estimate of drug-likeness (QED) is 0.835. The molecule has 2 unspecified atom stereocenters. The Labute approximate surface area is 148 Å². The number of halogens is 1. The summed E-state index contributed by atoms with van der Waals surface area (Å²) in [5.41, 5.74) is 2.09. The molecule has 0 bridgehead atoms. The van der Waals surface area contributed by atoms with Gasteiger partial charge < -0.3 is 24.8 Å². The van der Waals surface area contributed by atoms with Crippen molar-refractivity contribution in [3.05, 3.63) is 23.3 Å². The maximum atomic E-state index is 12.2. The molecule has 7 heteroatoms. The van der Waals surface area contributed by atoms with E-state index in [-0.39, 0.29) is 24.4 Å². The molecule has 0 radical (unpaired) electrons. The van der Waals surface area contributed by atoms with Crippen LogP contribution in [0, 0.1) is 0 Å². The number of fused-ring (bicyclic) bond motifs is 1. The highest BCUT2D eigenvalue weighted by atomic mass is 35.5. The summed E-state index contributed by atoms with van der Waals surface area (Å²) in [5, 5.41) is 6.08. The van der Waals surface area contributed by atoms with E-state index in [0.717, 1.165) is 35.6 Å². The fraction of sp³-hybridized carbons (Fsp3) is 0.588. The zero-order chi connectivity index (χ0) is 16.2. The zero-order valence-corrected chi connectivity index (χ0v) is 14.9. The molecule has 1 saturated heterocycles. The van der Waals surface area contributed by atoms with Crippen LogP contribution >= 0.6 is 12.4 Å². The number of benzene rings is 1. The summed E-state index contributed by atoms with van der Waals surface area (Å²) < 4.78 is 17.0. The molecule has 24 heavy (non-hydrogen) atoms. The zero-order valence-electron chi connectivity index (χ0n) is 14.1. The molecule has 6 nitrogen and oxygen atoms in total. The Hall–Kier alpha value is -1.50. The van der Waals surface area contributed by atoms with Crippen LogP contribution in [-0.4, -0.2) is 44.4 Å². The molecule has 2 atom stereocenters. The number of ether oxygens (including phenoxy) is 3. The van der Waals surface area contributed by atoms with E-state index in [1.807, 2.05) is 19.1 Å². The lowest BCUT2D eigenvalue weighted by atomic mass is 10.1. The van der Waals surface area contributed by atoms with Gasteiger partial charge in [0.25, 0.3) is 5.91 Å². The number of nitrogens with one attached hydrogen (secondary N) is 2. The van der Waals surface area contributed by atoms with Crippen LogP contribution in [0.2, 0.25) is 0 Å². The van der Waals surface area contributed by atoms with Crippen molar-refractivity contribution in [3.8, 4) is 11.5 Å². The van der Waals surface area contributed by atoms with Crippen LogP contribution in [0.25, 0.3) is 0 Å². The molecular weight excluding hydrogens is 332 g/mol. The summed E-state index contributed by atoms with van der Waals surface area (Å²) in [5.74, 6) is 1.60. The average molecular weight is 357 g/mol. The van der Waals surface area contributed by atoms with Crippen LogP contribution in [-0.2, 0) is 22.5 Å². The van der Waals surface area contributed by atoms with Gasteiger partial charge in [-0.1, -0.05) is 0 Å². The Balaban J connectivity index is 0.00000208. The van der Waals surface area contributed by atoms with Gasteiger partial charge in [-0.2, -0.15) is 0 Å². The lowest BCUT2D eigenvalue weighted by Crippen LogP contribution is -2.47. The molecule has 2 N–H and O–H groups in total. The number of carbonyl (C=O) groups is 1. The van der Waals surface area contributed by atoms with Gasteiger partial charge in [-0.3, -0.25) is 4.79 Å². The number of hydrogen-bond donors (Lipinski definition) is 2. The molecule has 1 amide bonds. The second-order valence-electron chi connectivity index (χ2n) is 5.91. The number of amides is 1. The fourth-order valence-corrected chi connectivity index (χ4v) is 2.94. The standard InChI is InChI=1S/C17H24N2O4.ClH/c1-3-21-14-7-12-6-11(2)23-15(12)8-13(14)9-19-17(20)16-10-18-4-5-22-16;/h7-8,11,16,18H,3-6,9-10H2,1-2H3,(H,19,20);1H. The van der Waals surface area contributed by atoms with E-state index in [1.165, 1.54) is 0 Å². The minimum absolute atomic E-state index is 0. The molecule has 0 spiro atoms. The number of morpholine rings is 1. The van der Waals surface area contributed by atoms with Crippen molar-refractivity contribution in [1.29, 1.82) is 0 Å². The third-order valence-electron chi connectivity index (χ3n) is 4.05. The van der Waals surface area contributed by atoms with E-state index in [0.29, 0.717) is 26.3 Å². The molecule has 0 aromatic heterocycles. The van der Waals surface area contributed by atoms with E-state index in [1.54, 1.807) is 0 Å². The van der Waals surface area contributed by atoms with Gasteiger partial charge in [0.1, 0.15) is 23.7 Å². The van der Waals surface area contributed by atoms with E-state index >= 15 is 0 Å². The third-order valence-corrected chi connectivity index (χ3v) is 4.05. The molecule has 0 saturated carbocycles. The second-order valence-corrected chi connectivity index (χ2v) is 5.91. The summed E-state index contributed by atoms with van der Waals surface area (Å²) in [6, 6.07) is 4.01. The fourth-order valence-electron chi connectivity index (χ4n) is 2.94. The first-order valence-electron chi connectivity index (χ1n) is 8.22. The predicted molar refractivity (Wildman–Crippen MR) is 93.1 cm³/mol. The highest BCUT2D eigenvalue weighted by molar-refractivity contribution is 5.85. The van der Waals surface area contributed by atoms with Crippen LogP contribution in [0.1, 0.15) is 25.0 Å². The summed E-state index contributed by atoms with van der Waals surface area (Å²) >= 11 is 0. The summed E-state index contributed by atoms with van der Waals surface area (Å²) in [6.45, 7) is 6.90. The summed E-state index contributed by atoms with van der Waals surface area (Å²) in [7, 11) is 0. The van der Waals surface area contributed by atoms with Crippen molar-refractivity contribution in [2.24, 2.45) is 0 Å². The van der Waals surface area contributed by atoms with Crippen LogP contribution in [0.5, 0.6) is 11.5 Å². The molecule has 1 aromatic carbocycles. The maximum absolute atomic E-state index is 12.2. The normalized spacial score (nSPS) is 22.1. The largest absolute Gasteiger partial charge is 0.494 e. The van der Waals surface area contributed by atoms with Gasteiger partial charge in [-0.05, 0) is 26.0 Å². The summed E-state index contributed by atoms with van der Waals surface area (Å²) in [6.07, 6.45) is 0.653. The molecular formula is C17H25ClN2O4. The van der Waals surface area contributed by atoms with Crippen molar-refractivity contribution in [2.45, 2.75) is 39.0 Å². The van der Waals surface area contributed by atoms with Gasteiger partial charge >= 0.3 is 0 Å². The van der Waals surface area contributed by atoms with Gasteiger partial charge in [0.2, 0.25) is 0 Å². The van der Waals surface area contributed by atoms with Crippen LogP contribution in [0.4, 0.5) is 0 Å². The second kappa shape index (κ2) is 8.55. The Kier molecular flexibility index (Phi) is 6.71. The maximum Gasteiger partial charge on any atom is 0.250 e. The molecule has 2 heterocycles. The lowest BCUT2D eigenvalue weighted by molar-refractivity contribution is -0.134. The Morgan fingerprint density at radius 1 is 1.46 bits per heavy atom. The van der Waals surface area contributed by atoms with Crippen LogP contribution in [0.3, 0.4) is 0 Å². The number of hydrogen-bond acceptors (Lipinski definition) is 5. The molecule has 1 fully saturated rings. The van der Waals surface area contributed by atoms with E-state index in [4.69, 9.17) is 14.2 Å². The minimum atomic E-state index is -0.426. The Morgan fingerprint density at radius 2 is 2.29 bits per heavy atom. The first kappa shape index (κ1) is 18.8. The van der Waals surface area contributed by atoms with E-state index in [2.05, 4.69) is 17.6 Å². The predicted octanol–water partition coefficient (Wildman–Crippen LogP) is 1.44. The minimum Gasteiger partial charge on any atom is -0.494 e. The van der Waals surface area contributed by atoms with Crippen molar-refractivity contribution >= 4 is 18.3 Å². The molecule has 2 aliphatic heterocycles. The van der Waals surface area contributed by atoms with Crippen molar-refractivity contribution in [1.82, 2.24) is 10.6 Å². The van der Waals surface area contributed by atoms with Crippen molar-refractivity contribution in [2.75, 3.05) is 26.3 Å². The number of rotatable bonds is 5. The lowest BCUT2D eigenvalue weighted by Gasteiger charge is -2.23. The van der Waals surface area contributed by atoms with E-state index < -0.39 is 6.10 Å². The van der Waals surface area contributed by atoms with E-state index in [9.17, 15) is 4.79 Å². The van der Waals surface area contributed by atoms with Crippen molar-refractivity contribution in [3.63, 3.8) is 0 Å².